The number of hydrogen-bond acceptors (Lipinski definition) is 9. The molecule has 0 saturated carbocycles. The van der Waals surface area contributed by atoms with Gasteiger partial charge in [0.25, 0.3) is 0 Å². The zero-order valence-corrected chi connectivity index (χ0v) is 23.0. The number of hydrogen-bond donors (Lipinski definition) is 1. The first kappa shape index (κ1) is 26.5. The van der Waals surface area contributed by atoms with Gasteiger partial charge < -0.3 is 14.2 Å². The Morgan fingerprint density at radius 3 is 2.69 bits per heavy atom. The number of nitrogens with one attached hydrogen (secondary N) is 1. The lowest BCUT2D eigenvalue weighted by Crippen LogP contribution is -2.25. The minimum atomic E-state index is -0.748. The van der Waals surface area contributed by atoms with E-state index in [0.29, 0.717) is 37.8 Å². The van der Waals surface area contributed by atoms with Crippen LogP contribution in [0.3, 0.4) is 0 Å². The van der Waals surface area contributed by atoms with Crippen molar-refractivity contribution in [2.75, 3.05) is 19.0 Å². The van der Waals surface area contributed by atoms with Gasteiger partial charge in [0.05, 0.1) is 40.9 Å². The van der Waals surface area contributed by atoms with Gasteiger partial charge in [0.2, 0.25) is 5.88 Å². The molecule has 3 heterocycles. The molecule has 0 spiro atoms. The Morgan fingerprint density at radius 2 is 1.95 bits per heavy atom. The highest BCUT2D eigenvalue weighted by atomic mass is 35.5. The van der Waals surface area contributed by atoms with Crippen molar-refractivity contribution in [3.05, 3.63) is 64.8 Å². The van der Waals surface area contributed by atoms with Gasteiger partial charge in [-0.05, 0) is 50.6 Å². The molecule has 5 rings (SSSR count). The third-order valence-electron chi connectivity index (χ3n) is 5.68. The maximum Gasteiger partial charge on any atom is 0.412 e. The van der Waals surface area contributed by atoms with E-state index in [4.69, 9.17) is 25.8 Å². The first-order valence-electron chi connectivity index (χ1n) is 11.8. The predicted octanol–water partition coefficient (Wildman–Crippen LogP) is 6.74. The SMILES string of the molecule is COc1cnc2c(-c3nc4c(Cl)c(F)c(OC[C@@H](C)OC(=O)Nc5ccc(C)nc5)cc4s3)cc(C)cc2n1. The van der Waals surface area contributed by atoms with Crippen LogP contribution >= 0.6 is 22.9 Å². The van der Waals surface area contributed by atoms with E-state index < -0.39 is 18.0 Å². The van der Waals surface area contributed by atoms with E-state index in [2.05, 4.69) is 25.3 Å². The highest BCUT2D eigenvalue weighted by molar-refractivity contribution is 7.21. The number of carbonyl (C=O) groups excluding carboxylic acids is 1. The average Bonchev–Trinajstić information content (AvgIpc) is 3.34. The van der Waals surface area contributed by atoms with Crippen molar-refractivity contribution >= 4 is 56.0 Å². The number of aromatic nitrogens is 4. The van der Waals surface area contributed by atoms with Crippen LogP contribution in [0.4, 0.5) is 14.9 Å². The van der Waals surface area contributed by atoms with Crippen molar-refractivity contribution in [3.63, 3.8) is 0 Å². The smallest absolute Gasteiger partial charge is 0.412 e. The van der Waals surface area contributed by atoms with Crippen molar-refractivity contribution < 1.29 is 23.4 Å². The summed E-state index contributed by atoms with van der Waals surface area (Å²) in [4.78, 5) is 29.9. The van der Waals surface area contributed by atoms with Gasteiger partial charge in [0.1, 0.15) is 28.3 Å². The summed E-state index contributed by atoms with van der Waals surface area (Å²) in [6.45, 7) is 5.32. The standard InChI is InChI=1S/C27H23ClFN5O4S/c1-13-7-17(24-18(8-13)33-21(36-4)11-31-24)26-34-25-20(39-26)9-19(23(29)22(25)28)37-12-15(3)38-27(35)32-16-6-5-14(2)30-10-16/h5-11,15H,12H2,1-4H3,(H,32,35)/t15-/m1/s1. The molecule has 2 aromatic carbocycles. The van der Waals surface area contributed by atoms with Crippen LogP contribution in [-0.4, -0.2) is 45.8 Å². The molecule has 1 atom stereocenters. The number of ether oxygens (including phenoxy) is 3. The first-order valence-corrected chi connectivity index (χ1v) is 13.0. The molecule has 200 valence electrons. The number of benzene rings is 2. The van der Waals surface area contributed by atoms with Gasteiger partial charge in [-0.1, -0.05) is 11.6 Å². The molecule has 5 aromatic rings. The van der Waals surface area contributed by atoms with Gasteiger partial charge in [-0.2, -0.15) is 0 Å². The minimum absolute atomic E-state index is 0.0695. The summed E-state index contributed by atoms with van der Waals surface area (Å²) < 4.78 is 31.9. The number of nitrogens with zero attached hydrogens (tertiary/aromatic N) is 4. The Labute approximate surface area is 232 Å². The Morgan fingerprint density at radius 1 is 1.13 bits per heavy atom. The van der Waals surface area contributed by atoms with Gasteiger partial charge >= 0.3 is 6.09 Å². The molecule has 0 aliphatic carbocycles. The predicted molar refractivity (Wildman–Crippen MR) is 148 cm³/mol. The molecule has 0 unspecified atom stereocenters. The summed E-state index contributed by atoms with van der Waals surface area (Å²) in [7, 11) is 1.53. The van der Waals surface area contributed by atoms with Crippen LogP contribution in [0.5, 0.6) is 11.6 Å². The van der Waals surface area contributed by atoms with Crippen molar-refractivity contribution in [3.8, 4) is 22.2 Å². The molecule has 0 saturated heterocycles. The van der Waals surface area contributed by atoms with Crippen LogP contribution in [0.15, 0.2) is 42.7 Å². The number of methoxy groups -OCH3 is 1. The second kappa shape index (κ2) is 11.0. The van der Waals surface area contributed by atoms with Crippen molar-refractivity contribution in [2.24, 2.45) is 0 Å². The van der Waals surface area contributed by atoms with E-state index in [1.165, 1.54) is 36.9 Å². The Kier molecular flexibility index (Phi) is 7.45. The summed E-state index contributed by atoms with van der Waals surface area (Å²) >= 11 is 7.69. The number of rotatable bonds is 7. The molecule has 12 heteroatoms. The molecule has 0 fully saturated rings. The van der Waals surface area contributed by atoms with E-state index in [9.17, 15) is 4.79 Å². The number of carbonyl (C=O) groups is 1. The fraction of sp³-hybridized carbons (Fsp3) is 0.222. The maximum atomic E-state index is 15.1. The van der Waals surface area contributed by atoms with Gasteiger partial charge in [-0.25, -0.2) is 24.1 Å². The molecular weight excluding hydrogens is 545 g/mol. The average molecular weight is 568 g/mol. The zero-order valence-electron chi connectivity index (χ0n) is 21.4. The number of aryl methyl sites for hydroxylation is 2. The van der Waals surface area contributed by atoms with E-state index in [0.717, 1.165) is 16.8 Å². The van der Waals surface area contributed by atoms with E-state index in [1.807, 2.05) is 26.0 Å². The zero-order chi connectivity index (χ0) is 27.7. The molecule has 3 aromatic heterocycles. The maximum absolute atomic E-state index is 15.1. The third-order valence-corrected chi connectivity index (χ3v) is 7.06. The van der Waals surface area contributed by atoms with Crippen LogP contribution in [0, 0.1) is 19.7 Å². The van der Waals surface area contributed by atoms with E-state index in [1.54, 1.807) is 19.1 Å². The van der Waals surface area contributed by atoms with E-state index in [-0.39, 0.29) is 17.4 Å². The summed E-state index contributed by atoms with van der Waals surface area (Å²) in [6.07, 6.45) is 1.71. The molecule has 0 aliphatic heterocycles. The second-order valence-electron chi connectivity index (χ2n) is 8.80. The molecule has 9 nitrogen and oxygen atoms in total. The lowest BCUT2D eigenvalue weighted by molar-refractivity contribution is 0.0844. The van der Waals surface area contributed by atoms with Crippen LogP contribution < -0.4 is 14.8 Å². The molecule has 0 bridgehead atoms. The molecular formula is C27H23ClFN5O4S. The summed E-state index contributed by atoms with van der Waals surface area (Å²) in [5.41, 5.74) is 4.63. The molecule has 0 radical (unpaired) electrons. The van der Waals surface area contributed by atoms with Crippen molar-refractivity contribution in [2.45, 2.75) is 26.9 Å². The number of pyridine rings is 1. The highest BCUT2D eigenvalue weighted by Crippen LogP contribution is 2.40. The molecule has 39 heavy (non-hydrogen) atoms. The van der Waals surface area contributed by atoms with Crippen LogP contribution in [0.2, 0.25) is 5.02 Å². The molecule has 0 aliphatic rings. The van der Waals surface area contributed by atoms with Crippen molar-refractivity contribution in [1.82, 2.24) is 19.9 Å². The number of thiazole rings is 1. The lowest BCUT2D eigenvalue weighted by Gasteiger charge is -2.15. The fourth-order valence-corrected chi connectivity index (χ4v) is 5.14. The number of amides is 1. The lowest BCUT2D eigenvalue weighted by atomic mass is 10.1. The van der Waals surface area contributed by atoms with Gasteiger partial charge in [-0.15, -0.1) is 11.3 Å². The molecule has 1 amide bonds. The molecule has 1 N–H and O–H groups in total. The first-order chi connectivity index (χ1) is 18.7. The fourth-order valence-electron chi connectivity index (χ4n) is 3.82. The van der Waals surface area contributed by atoms with Gasteiger partial charge in [0.15, 0.2) is 11.6 Å². The number of anilines is 1. The monoisotopic (exact) mass is 567 g/mol. The Hall–Kier alpha value is -4.09. The van der Waals surface area contributed by atoms with Crippen LogP contribution in [0.25, 0.3) is 31.8 Å². The number of fused-ring (bicyclic) bond motifs is 2. The summed E-state index contributed by atoms with van der Waals surface area (Å²) in [5.74, 6) is -0.417. The van der Waals surface area contributed by atoms with Gasteiger partial charge in [0, 0.05) is 17.3 Å². The largest absolute Gasteiger partial charge is 0.487 e. The highest BCUT2D eigenvalue weighted by Gasteiger charge is 2.21. The topological polar surface area (TPSA) is 108 Å². The summed E-state index contributed by atoms with van der Waals surface area (Å²) in [6, 6.07) is 8.86. The van der Waals surface area contributed by atoms with Gasteiger partial charge in [-0.3, -0.25) is 10.3 Å². The Bertz CT molecular complexity index is 1700. The second-order valence-corrected chi connectivity index (χ2v) is 10.2. The van der Waals surface area contributed by atoms with Crippen molar-refractivity contribution in [1.29, 1.82) is 0 Å². The van der Waals surface area contributed by atoms with Crippen LogP contribution in [-0.2, 0) is 4.74 Å². The quantitative estimate of drug-likeness (QED) is 0.230. The minimum Gasteiger partial charge on any atom is -0.487 e. The normalized spacial score (nSPS) is 11.9. The Balaban J connectivity index is 1.35. The van der Waals surface area contributed by atoms with Crippen LogP contribution in [0.1, 0.15) is 18.2 Å². The third kappa shape index (κ3) is 5.69. The summed E-state index contributed by atoms with van der Waals surface area (Å²) in [5, 5.41) is 3.03. The van der Waals surface area contributed by atoms with E-state index >= 15 is 4.39 Å². The number of halogens is 2.